The number of aromatic nitrogens is 2. The van der Waals surface area contributed by atoms with E-state index >= 15 is 0 Å². The molecule has 0 radical (unpaired) electrons. The summed E-state index contributed by atoms with van der Waals surface area (Å²) in [7, 11) is 0. The average Bonchev–Trinajstić information content (AvgIpc) is 3.36. The van der Waals surface area contributed by atoms with Crippen LogP contribution in [-0.4, -0.2) is 22.0 Å². The number of rotatable bonds is 7. The highest BCUT2D eigenvalue weighted by molar-refractivity contribution is 7.15. The monoisotopic (exact) mass is 400 g/mol. The molecule has 2 aromatic heterocycles. The first-order chi connectivity index (χ1) is 13.1. The number of nitrogens with zero attached hydrogens (tertiary/aromatic N) is 2. The molecule has 0 aliphatic heterocycles. The van der Waals surface area contributed by atoms with Crippen molar-refractivity contribution in [1.29, 1.82) is 0 Å². The van der Waals surface area contributed by atoms with Crippen LogP contribution >= 0.6 is 22.7 Å². The summed E-state index contributed by atoms with van der Waals surface area (Å²) < 4.78 is 0. The molecule has 0 aliphatic rings. The molecule has 8 heteroatoms. The SMILES string of the molecule is CCC(CC)c1nnc(NC(=O)c2ccc(NC(=O)c3cccs3)cc2)s1. The van der Waals surface area contributed by atoms with E-state index in [0.717, 1.165) is 17.8 Å². The third-order valence-corrected chi connectivity index (χ3v) is 6.02. The largest absolute Gasteiger partial charge is 0.321 e. The predicted molar refractivity (Wildman–Crippen MR) is 110 cm³/mol. The van der Waals surface area contributed by atoms with Crippen LogP contribution in [0.25, 0.3) is 0 Å². The molecule has 27 heavy (non-hydrogen) atoms. The van der Waals surface area contributed by atoms with E-state index in [1.54, 1.807) is 30.3 Å². The molecule has 3 rings (SSSR count). The maximum absolute atomic E-state index is 12.4. The summed E-state index contributed by atoms with van der Waals surface area (Å²) >= 11 is 2.79. The van der Waals surface area contributed by atoms with Crippen LogP contribution in [0.4, 0.5) is 10.8 Å². The van der Waals surface area contributed by atoms with Crippen molar-refractivity contribution in [2.75, 3.05) is 10.6 Å². The molecule has 6 nitrogen and oxygen atoms in total. The van der Waals surface area contributed by atoms with Crippen LogP contribution in [0, 0.1) is 0 Å². The Morgan fingerprint density at radius 3 is 2.37 bits per heavy atom. The van der Waals surface area contributed by atoms with E-state index < -0.39 is 0 Å². The Bertz CT molecular complexity index is 900. The number of thiophene rings is 1. The van der Waals surface area contributed by atoms with Crippen molar-refractivity contribution in [3.63, 3.8) is 0 Å². The quantitative estimate of drug-likeness (QED) is 0.584. The van der Waals surface area contributed by atoms with Crippen LogP contribution in [-0.2, 0) is 0 Å². The van der Waals surface area contributed by atoms with Crippen LogP contribution in [0.5, 0.6) is 0 Å². The molecule has 2 heterocycles. The molecule has 0 bridgehead atoms. The Morgan fingerprint density at radius 1 is 1.00 bits per heavy atom. The second-order valence-corrected chi connectivity index (χ2v) is 7.88. The van der Waals surface area contributed by atoms with Crippen LogP contribution in [0.3, 0.4) is 0 Å². The van der Waals surface area contributed by atoms with Crippen molar-refractivity contribution in [2.45, 2.75) is 32.6 Å². The van der Waals surface area contributed by atoms with Crippen LogP contribution in [0.1, 0.15) is 57.6 Å². The Balaban J connectivity index is 1.61. The van der Waals surface area contributed by atoms with Crippen molar-refractivity contribution >= 4 is 45.3 Å². The molecule has 2 N–H and O–H groups in total. The van der Waals surface area contributed by atoms with Gasteiger partial charge in [-0.3, -0.25) is 14.9 Å². The minimum absolute atomic E-state index is 0.162. The van der Waals surface area contributed by atoms with Gasteiger partial charge < -0.3 is 5.32 Å². The summed E-state index contributed by atoms with van der Waals surface area (Å²) in [4.78, 5) is 25.1. The molecule has 0 aliphatic carbocycles. The highest BCUT2D eigenvalue weighted by Crippen LogP contribution is 2.28. The van der Waals surface area contributed by atoms with Crippen LogP contribution < -0.4 is 10.6 Å². The van der Waals surface area contributed by atoms with Crippen LogP contribution in [0.2, 0.25) is 0 Å². The number of benzene rings is 1. The van der Waals surface area contributed by atoms with E-state index in [4.69, 9.17) is 0 Å². The molecular formula is C19H20N4O2S2. The Kier molecular flexibility index (Phi) is 6.31. The number of nitrogens with one attached hydrogen (secondary N) is 2. The zero-order chi connectivity index (χ0) is 19.2. The van der Waals surface area contributed by atoms with Gasteiger partial charge in [-0.05, 0) is 48.6 Å². The fraction of sp³-hybridized carbons (Fsp3) is 0.263. The normalized spacial score (nSPS) is 10.8. The summed E-state index contributed by atoms with van der Waals surface area (Å²) in [6.07, 6.45) is 2.00. The molecule has 0 saturated carbocycles. The first-order valence-electron chi connectivity index (χ1n) is 8.70. The molecule has 3 aromatic rings. The van der Waals surface area contributed by atoms with E-state index in [2.05, 4.69) is 34.7 Å². The molecule has 0 saturated heterocycles. The average molecular weight is 401 g/mol. The predicted octanol–water partition coefficient (Wildman–Crippen LogP) is 5.01. The van der Waals surface area contributed by atoms with Gasteiger partial charge in [0.15, 0.2) is 0 Å². The molecule has 1 aromatic carbocycles. The van der Waals surface area contributed by atoms with E-state index in [0.29, 0.717) is 27.2 Å². The summed E-state index contributed by atoms with van der Waals surface area (Å²) in [5.74, 6) is -0.0391. The Morgan fingerprint density at radius 2 is 1.74 bits per heavy atom. The highest BCUT2D eigenvalue weighted by atomic mass is 32.1. The highest BCUT2D eigenvalue weighted by Gasteiger charge is 2.15. The van der Waals surface area contributed by atoms with Crippen molar-refractivity contribution in [1.82, 2.24) is 10.2 Å². The number of hydrogen-bond acceptors (Lipinski definition) is 6. The molecule has 0 unspecified atom stereocenters. The van der Waals surface area contributed by atoms with Gasteiger partial charge in [-0.2, -0.15) is 0 Å². The second-order valence-electron chi connectivity index (χ2n) is 5.92. The third-order valence-electron chi connectivity index (χ3n) is 4.15. The van der Waals surface area contributed by atoms with Crippen molar-refractivity contribution in [3.05, 3.63) is 57.2 Å². The van der Waals surface area contributed by atoms with Gasteiger partial charge in [0.2, 0.25) is 5.13 Å². The number of anilines is 2. The van der Waals surface area contributed by atoms with E-state index in [1.807, 2.05) is 11.4 Å². The zero-order valence-electron chi connectivity index (χ0n) is 15.1. The first kappa shape index (κ1) is 19.2. The molecular weight excluding hydrogens is 380 g/mol. The fourth-order valence-corrected chi connectivity index (χ4v) is 4.19. The topological polar surface area (TPSA) is 84.0 Å². The lowest BCUT2D eigenvalue weighted by Gasteiger charge is -2.06. The lowest BCUT2D eigenvalue weighted by atomic mass is 10.1. The maximum Gasteiger partial charge on any atom is 0.265 e. The molecule has 2 amide bonds. The van der Waals surface area contributed by atoms with Gasteiger partial charge in [-0.25, -0.2) is 0 Å². The molecule has 0 atom stereocenters. The van der Waals surface area contributed by atoms with Crippen molar-refractivity contribution in [2.24, 2.45) is 0 Å². The standard InChI is InChI=1S/C19H20N4O2S2/c1-3-12(4-2)18-22-23-19(27-18)21-16(24)13-7-9-14(10-8-13)20-17(25)15-6-5-11-26-15/h5-12H,3-4H2,1-2H3,(H,20,25)(H,21,23,24). The van der Waals surface area contributed by atoms with E-state index in [1.165, 1.54) is 22.7 Å². The first-order valence-corrected chi connectivity index (χ1v) is 10.4. The Hall–Kier alpha value is -2.58. The minimum atomic E-state index is -0.251. The number of amides is 2. The molecule has 0 spiro atoms. The lowest BCUT2D eigenvalue weighted by molar-refractivity contribution is 0.102. The third kappa shape index (κ3) is 4.78. The van der Waals surface area contributed by atoms with Crippen molar-refractivity contribution < 1.29 is 9.59 Å². The number of carbonyl (C=O) groups excluding carboxylic acids is 2. The fourth-order valence-electron chi connectivity index (χ4n) is 2.56. The molecule has 0 fully saturated rings. The Labute approximate surface area is 165 Å². The lowest BCUT2D eigenvalue weighted by Crippen LogP contribution is -2.13. The second kappa shape index (κ2) is 8.88. The number of hydrogen-bond donors (Lipinski definition) is 2. The van der Waals surface area contributed by atoms with Gasteiger partial charge in [0.1, 0.15) is 5.01 Å². The summed E-state index contributed by atoms with van der Waals surface area (Å²) in [6.45, 7) is 4.24. The smallest absolute Gasteiger partial charge is 0.265 e. The molecule has 140 valence electrons. The van der Waals surface area contributed by atoms with Gasteiger partial charge >= 0.3 is 0 Å². The van der Waals surface area contributed by atoms with Crippen LogP contribution in [0.15, 0.2) is 41.8 Å². The number of carbonyl (C=O) groups is 2. The van der Waals surface area contributed by atoms with Gasteiger partial charge in [-0.1, -0.05) is 31.3 Å². The van der Waals surface area contributed by atoms with E-state index in [9.17, 15) is 9.59 Å². The van der Waals surface area contributed by atoms with Gasteiger partial charge in [-0.15, -0.1) is 21.5 Å². The van der Waals surface area contributed by atoms with Gasteiger partial charge in [0, 0.05) is 17.2 Å². The maximum atomic E-state index is 12.4. The summed E-state index contributed by atoms with van der Waals surface area (Å²) in [6, 6.07) is 10.3. The van der Waals surface area contributed by atoms with Crippen molar-refractivity contribution in [3.8, 4) is 0 Å². The summed E-state index contributed by atoms with van der Waals surface area (Å²) in [5.41, 5.74) is 1.13. The van der Waals surface area contributed by atoms with E-state index in [-0.39, 0.29) is 11.8 Å². The minimum Gasteiger partial charge on any atom is -0.321 e. The summed E-state index contributed by atoms with van der Waals surface area (Å²) in [5, 5.41) is 17.1. The van der Waals surface area contributed by atoms with Gasteiger partial charge in [0.25, 0.3) is 11.8 Å². The van der Waals surface area contributed by atoms with Gasteiger partial charge in [0.05, 0.1) is 4.88 Å². The zero-order valence-corrected chi connectivity index (χ0v) is 16.7.